The highest BCUT2D eigenvalue weighted by molar-refractivity contribution is 5.87. The average molecular weight is 267 g/mol. The normalized spacial score (nSPS) is 10.4. The van der Waals surface area contributed by atoms with Crippen molar-refractivity contribution in [3.63, 3.8) is 0 Å². The van der Waals surface area contributed by atoms with Crippen LogP contribution in [0.5, 0.6) is 5.75 Å². The molecule has 5 nitrogen and oxygen atoms in total. The smallest absolute Gasteiger partial charge is 0.387 e. The lowest BCUT2D eigenvalue weighted by Crippen LogP contribution is -2.05. The van der Waals surface area contributed by atoms with Gasteiger partial charge in [-0.1, -0.05) is 0 Å². The highest BCUT2D eigenvalue weighted by Gasteiger charge is 2.14. The summed E-state index contributed by atoms with van der Waals surface area (Å²) in [5.74, 6) is -1.75. The van der Waals surface area contributed by atoms with Crippen LogP contribution in [0.1, 0.15) is 21.5 Å². The van der Waals surface area contributed by atoms with E-state index in [0.29, 0.717) is 12.4 Å². The number of carboxylic acid groups (broad SMARTS) is 1. The predicted octanol–water partition coefficient (Wildman–Crippen LogP) is 2.07. The highest BCUT2D eigenvalue weighted by atomic mass is 19.3. The van der Waals surface area contributed by atoms with Crippen molar-refractivity contribution in [3.8, 4) is 11.8 Å². The molecule has 7 heteroatoms. The van der Waals surface area contributed by atoms with Crippen molar-refractivity contribution in [2.45, 2.75) is 6.61 Å². The molecule has 0 aromatic heterocycles. The second-order valence-electron chi connectivity index (χ2n) is 3.26. The number of hydrogen-bond acceptors (Lipinski definition) is 4. The van der Waals surface area contributed by atoms with Gasteiger partial charge in [0, 0.05) is 17.2 Å². The molecule has 0 heterocycles. The van der Waals surface area contributed by atoms with Crippen LogP contribution >= 0.6 is 0 Å². The van der Waals surface area contributed by atoms with Gasteiger partial charge in [0.1, 0.15) is 12.0 Å². The number of rotatable bonds is 5. The topological polar surface area (TPSA) is 87.4 Å². The van der Waals surface area contributed by atoms with E-state index in [2.05, 4.69) is 4.74 Å². The molecule has 0 radical (unpaired) electrons. The number of benzene rings is 1. The molecule has 0 aliphatic rings. The lowest BCUT2D eigenvalue weighted by molar-refractivity contribution is -0.131. The molecule has 0 spiro atoms. The number of nitrogens with zero attached hydrogens (tertiary/aromatic N) is 1. The number of alkyl halides is 2. The molecule has 0 amide bonds. The standard InChI is InChI=1S/C12H7F2NO4/c13-12(14)19-10-4-7(6-16)3-8(5-15)9(10)1-2-11(17)18/h1-4,6,12H,(H,17,18)/b2-1+. The predicted molar refractivity (Wildman–Crippen MR) is 59.8 cm³/mol. The van der Waals surface area contributed by atoms with Crippen molar-refractivity contribution in [2.24, 2.45) is 0 Å². The Kier molecular flexibility index (Phi) is 4.71. The van der Waals surface area contributed by atoms with Crippen molar-refractivity contribution in [1.82, 2.24) is 0 Å². The monoisotopic (exact) mass is 267 g/mol. The number of carbonyl (C=O) groups excluding carboxylic acids is 1. The fourth-order valence-electron chi connectivity index (χ4n) is 1.33. The van der Waals surface area contributed by atoms with Gasteiger partial charge in [-0.15, -0.1) is 0 Å². The van der Waals surface area contributed by atoms with Crippen molar-refractivity contribution in [1.29, 1.82) is 5.26 Å². The number of aldehydes is 1. The zero-order valence-electron chi connectivity index (χ0n) is 9.34. The summed E-state index contributed by atoms with van der Waals surface area (Å²) in [6.45, 7) is -3.16. The molecule has 1 rings (SSSR count). The van der Waals surface area contributed by atoms with E-state index in [-0.39, 0.29) is 16.7 Å². The molecule has 1 aromatic rings. The number of carbonyl (C=O) groups is 2. The molecule has 0 aliphatic heterocycles. The maximum atomic E-state index is 12.2. The van der Waals surface area contributed by atoms with Crippen molar-refractivity contribution in [2.75, 3.05) is 0 Å². The summed E-state index contributed by atoms with van der Waals surface area (Å²) >= 11 is 0. The summed E-state index contributed by atoms with van der Waals surface area (Å²) in [5, 5.41) is 17.4. The Morgan fingerprint density at radius 2 is 2.16 bits per heavy atom. The van der Waals surface area contributed by atoms with E-state index in [9.17, 15) is 18.4 Å². The largest absolute Gasteiger partial charge is 0.478 e. The lowest BCUT2D eigenvalue weighted by atomic mass is 10.0. The Labute approximate surface area is 106 Å². The van der Waals surface area contributed by atoms with E-state index < -0.39 is 18.3 Å². The third kappa shape index (κ3) is 3.89. The minimum Gasteiger partial charge on any atom is -0.478 e. The Hall–Kier alpha value is -2.75. The van der Waals surface area contributed by atoms with Gasteiger partial charge in [0.25, 0.3) is 0 Å². The maximum absolute atomic E-state index is 12.2. The second kappa shape index (κ2) is 6.26. The number of ether oxygens (including phenoxy) is 1. The number of carboxylic acids is 1. The summed E-state index contributed by atoms with van der Waals surface area (Å²) < 4.78 is 28.6. The minimum absolute atomic E-state index is 0.0281. The van der Waals surface area contributed by atoms with E-state index in [0.717, 1.165) is 18.2 Å². The SMILES string of the molecule is N#Cc1cc(C=O)cc(OC(F)F)c1/C=C/C(=O)O. The Morgan fingerprint density at radius 3 is 2.63 bits per heavy atom. The van der Waals surface area contributed by atoms with Crippen LogP contribution in [0.2, 0.25) is 0 Å². The molecule has 1 aromatic carbocycles. The van der Waals surface area contributed by atoms with Crippen LogP contribution in [0, 0.1) is 11.3 Å². The molecule has 19 heavy (non-hydrogen) atoms. The first-order valence-electron chi connectivity index (χ1n) is 4.87. The number of nitriles is 1. The third-order valence-corrected chi connectivity index (χ3v) is 2.03. The first-order chi connectivity index (χ1) is 8.97. The fraction of sp³-hybridized carbons (Fsp3) is 0.0833. The molecule has 1 N–H and O–H groups in total. The van der Waals surface area contributed by atoms with Gasteiger partial charge in [-0.25, -0.2) is 4.79 Å². The van der Waals surface area contributed by atoms with Crippen LogP contribution in [0.25, 0.3) is 6.08 Å². The Bertz CT molecular complexity index is 576. The van der Waals surface area contributed by atoms with Gasteiger partial charge >= 0.3 is 12.6 Å². The van der Waals surface area contributed by atoms with E-state index in [1.54, 1.807) is 6.07 Å². The zero-order chi connectivity index (χ0) is 14.4. The highest BCUT2D eigenvalue weighted by Crippen LogP contribution is 2.27. The van der Waals surface area contributed by atoms with Crippen molar-refractivity contribution < 1.29 is 28.2 Å². The first kappa shape index (κ1) is 14.3. The quantitative estimate of drug-likeness (QED) is 0.651. The molecule has 0 fully saturated rings. The minimum atomic E-state index is -3.16. The van der Waals surface area contributed by atoms with Gasteiger partial charge in [0.15, 0.2) is 0 Å². The zero-order valence-corrected chi connectivity index (χ0v) is 9.34. The molecule has 0 bridgehead atoms. The molecule has 0 atom stereocenters. The van der Waals surface area contributed by atoms with Crippen LogP contribution in [-0.4, -0.2) is 24.0 Å². The van der Waals surface area contributed by atoms with Crippen molar-refractivity contribution in [3.05, 3.63) is 34.9 Å². The van der Waals surface area contributed by atoms with E-state index in [1.807, 2.05) is 0 Å². The van der Waals surface area contributed by atoms with Gasteiger partial charge in [-0.05, 0) is 18.2 Å². The summed E-state index contributed by atoms with van der Waals surface area (Å²) in [7, 11) is 0. The van der Waals surface area contributed by atoms with E-state index in [4.69, 9.17) is 10.4 Å². The van der Waals surface area contributed by atoms with Crippen LogP contribution in [0.15, 0.2) is 18.2 Å². The lowest BCUT2D eigenvalue weighted by Gasteiger charge is -2.10. The van der Waals surface area contributed by atoms with Crippen LogP contribution in [-0.2, 0) is 4.79 Å². The first-order valence-corrected chi connectivity index (χ1v) is 4.87. The molecule has 0 aliphatic carbocycles. The maximum Gasteiger partial charge on any atom is 0.387 e. The molecule has 0 saturated heterocycles. The van der Waals surface area contributed by atoms with Gasteiger partial charge in [0.2, 0.25) is 0 Å². The number of hydrogen-bond donors (Lipinski definition) is 1. The summed E-state index contributed by atoms with van der Waals surface area (Å²) in [6, 6.07) is 3.83. The second-order valence-corrected chi connectivity index (χ2v) is 3.26. The summed E-state index contributed by atoms with van der Waals surface area (Å²) in [6.07, 6.45) is 1.99. The molecule has 0 unspecified atom stereocenters. The van der Waals surface area contributed by atoms with Crippen LogP contribution in [0.3, 0.4) is 0 Å². The van der Waals surface area contributed by atoms with E-state index in [1.165, 1.54) is 0 Å². The molecular weight excluding hydrogens is 260 g/mol. The average Bonchev–Trinajstić information content (AvgIpc) is 2.35. The Balaban J connectivity index is 3.41. The van der Waals surface area contributed by atoms with Gasteiger partial charge in [-0.2, -0.15) is 14.0 Å². The molecule has 0 saturated carbocycles. The summed E-state index contributed by atoms with van der Waals surface area (Å²) in [4.78, 5) is 21.0. The fourth-order valence-corrected chi connectivity index (χ4v) is 1.33. The third-order valence-electron chi connectivity index (χ3n) is 2.03. The van der Waals surface area contributed by atoms with Gasteiger partial charge in [-0.3, -0.25) is 4.79 Å². The van der Waals surface area contributed by atoms with Crippen LogP contribution < -0.4 is 4.74 Å². The van der Waals surface area contributed by atoms with Gasteiger partial charge in [0.05, 0.1) is 11.6 Å². The van der Waals surface area contributed by atoms with Gasteiger partial charge < -0.3 is 9.84 Å². The molecule has 98 valence electrons. The van der Waals surface area contributed by atoms with E-state index >= 15 is 0 Å². The number of halogens is 2. The molecular formula is C12H7F2NO4. The number of aliphatic carboxylic acids is 1. The van der Waals surface area contributed by atoms with Crippen LogP contribution in [0.4, 0.5) is 8.78 Å². The Morgan fingerprint density at radius 1 is 1.47 bits per heavy atom. The van der Waals surface area contributed by atoms with Crippen molar-refractivity contribution >= 4 is 18.3 Å². The summed E-state index contributed by atoms with van der Waals surface area (Å²) in [5.41, 5.74) is -0.298.